The molecular weight excluding hydrogens is 387 g/mol. The van der Waals surface area contributed by atoms with Gasteiger partial charge >= 0.3 is 0 Å². The Bertz CT molecular complexity index is 1310. The number of para-hydroxylation sites is 1. The van der Waals surface area contributed by atoms with Crippen LogP contribution in [0.2, 0.25) is 0 Å². The average molecular weight is 406 g/mol. The number of nitrogen functional groups attached to an aromatic ring is 1. The van der Waals surface area contributed by atoms with Crippen LogP contribution in [-0.4, -0.2) is 24.7 Å². The second-order valence-electron chi connectivity index (χ2n) is 6.86. The van der Waals surface area contributed by atoms with Crippen molar-refractivity contribution in [2.24, 2.45) is 0 Å². The zero-order chi connectivity index (χ0) is 21.4. The van der Waals surface area contributed by atoms with Crippen LogP contribution < -0.4 is 16.6 Å². The molecule has 30 heavy (non-hydrogen) atoms. The summed E-state index contributed by atoms with van der Waals surface area (Å²) in [6, 6.07) is 9.70. The standard InChI is InChI=1S/C21H19FN6O2/c1-12(25-19-15(13(2)29)10-24-21(23)26-19)17-11-27-9-8-16(22)18(27)20(30)28(17)14-6-4-3-5-7-14/h3-12H,1-2H3,(H3,23,24,25,26)/t12-/m1/s1. The molecule has 3 heterocycles. The van der Waals surface area contributed by atoms with Crippen molar-refractivity contribution >= 4 is 23.1 Å². The number of Topliss-reactive ketones (excluding diaryl/α,β-unsaturated/α-hetero) is 1. The molecule has 0 unspecified atom stereocenters. The van der Waals surface area contributed by atoms with Gasteiger partial charge in [0.05, 0.1) is 17.3 Å². The lowest BCUT2D eigenvalue weighted by Crippen LogP contribution is -2.27. The quantitative estimate of drug-likeness (QED) is 0.494. The van der Waals surface area contributed by atoms with Crippen LogP contribution in [0.4, 0.5) is 16.2 Å². The molecule has 8 nitrogen and oxygen atoms in total. The van der Waals surface area contributed by atoms with E-state index in [1.165, 1.54) is 34.4 Å². The lowest BCUT2D eigenvalue weighted by atomic mass is 10.1. The number of rotatable bonds is 5. The minimum absolute atomic E-state index is 0.0121. The monoisotopic (exact) mass is 406 g/mol. The predicted octanol–water partition coefficient (Wildman–Crippen LogP) is 2.98. The van der Waals surface area contributed by atoms with Crippen LogP contribution in [-0.2, 0) is 0 Å². The lowest BCUT2D eigenvalue weighted by molar-refractivity contribution is 0.101. The summed E-state index contributed by atoms with van der Waals surface area (Å²) in [4.78, 5) is 33.1. The van der Waals surface area contributed by atoms with Gasteiger partial charge in [-0.2, -0.15) is 4.98 Å². The fourth-order valence-corrected chi connectivity index (χ4v) is 3.36. The minimum Gasteiger partial charge on any atom is -0.368 e. The second-order valence-corrected chi connectivity index (χ2v) is 6.86. The Kier molecular flexibility index (Phi) is 4.78. The number of halogens is 1. The first-order valence-corrected chi connectivity index (χ1v) is 9.24. The molecule has 0 bridgehead atoms. The van der Waals surface area contributed by atoms with Gasteiger partial charge in [-0.1, -0.05) is 18.2 Å². The molecular formula is C21H19FN6O2. The summed E-state index contributed by atoms with van der Waals surface area (Å²) >= 11 is 0. The molecule has 4 rings (SSSR count). The molecule has 0 aliphatic rings. The molecule has 0 saturated heterocycles. The van der Waals surface area contributed by atoms with Crippen LogP contribution >= 0.6 is 0 Å². The van der Waals surface area contributed by atoms with Gasteiger partial charge < -0.3 is 15.5 Å². The second kappa shape index (κ2) is 7.43. The number of anilines is 2. The van der Waals surface area contributed by atoms with Crippen LogP contribution in [0, 0.1) is 5.82 Å². The van der Waals surface area contributed by atoms with Crippen molar-refractivity contribution in [2.75, 3.05) is 11.1 Å². The van der Waals surface area contributed by atoms with E-state index in [1.807, 2.05) is 13.0 Å². The topological polar surface area (TPSA) is 107 Å². The highest BCUT2D eigenvalue weighted by atomic mass is 19.1. The van der Waals surface area contributed by atoms with Gasteiger partial charge in [-0.05, 0) is 32.0 Å². The molecule has 0 fully saturated rings. The Hall–Kier alpha value is -4.01. The van der Waals surface area contributed by atoms with E-state index in [1.54, 1.807) is 30.5 Å². The molecule has 9 heteroatoms. The first-order valence-electron chi connectivity index (χ1n) is 9.24. The molecule has 0 spiro atoms. The number of nitrogens with one attached hydrogen (secondary N) is 1. The van der Waals surface area contributed by atoms with Gasteiger partial charge in [0, 0.05) is 24.3 Å². The number of carbonyl (C=O) groups is 1. The van der Waals surface area contributed by atoms with Crippen LogP contribution in [0.1, 0.15) is 35.9 Å². The summed E-state index contributed by atoms with van der Waals surface area (Å²) in [6.45, 7) is 3.21. The first kappa shape index (κ1) is 19.3. The molecule has 0 radical (unpaired) electrons. The fraction of sp³-hybridized carbons (Fsp3) is 0.143. The van der Waals surface area contributed by atoms with E-state index in [-0.39, 0.29) is 28.6 Å². The van der Waals surface area contributed by atoms with Gasteiger partial charge in [-0.25, -0.2) is 9.37 Å². The number of hydrogen-bond acceptors (Lipinski definition) is 6. The van der Waals surface area contributed by atoms with E-state index in [4.69, 9.17) is 5.73 Å². The summed E-state index contributed by atoms with van der Waals surface area (Å²) in [5.74, 6) is -0.557. The maximum Gasteiger partial charge on any atom is 0.282 e. The smallest absolute Gasteiger partial charge is 0.282 e. The van der Waals surface area contributed by atoms with Gasteiger partial charge in [0.15, 0.2) is 11.6 Å². The zero-order valence-electron chi connectivity index (χ0n) is 16.3. The van der Waals surface area contributed by atoms with Crippen LogP contribution in [0.25, 0.3) is 11.2 Å². The van der Waals surface area contributed by atoms with Gasteiger partial charge in [-0.15, -0.1) is 0 Å². The maximum absolute atomic E-state index is 14.3. The largest absolute Gasteiger partial charge is 0.368 e. The molecule has 0 aliphatic heterocycles. The number of nitrogens with zero attached hydrogens (tertiary/aromatic N) is 4. The number of benzene rings is 1. The summed E-state index contributed by atoms with van der Waals surface area (Å²) in [6.07, 6.45) is 4.51. The Balaban J connectivity index is 1.90. The van der Waals surface area contributed by atoms with E-state index in [0.717, 1.165) is 0 Å². The molecule has 152 valence electrons. The van der Waals surface area contributed by atoms with Crippen molar-refractivity contribution in [3.63, 3.8) is 0 Å². The number of hydrogen-bond donors (Lipinski definition) is 2. The Labute approximate surface area is 170 Å². The van der Waals surface area contributed by atoms with Crippen molar-refractivity contribution in [3.8, 4) is 5.69 Å². The zero-order valence-corrected chi connectivity index (χ0v) is 16.3. The van der Waals surface area contributed by atoms with Crippen LogP contribution in [0.5, 0.6) is 0 Å². The highest BCUT2D eigenvalue weighted by Gasteiger charge is 2.20. The summed E-state index contributed by atoms with van der Waals surface area (Å²) in [7, 11) is 0. The number of fused-ring (bicyclic) bond motifs is 1. The number of carbonyl (C=O) groups excluding carboxylic acids is 1. The maximum atomic E-state index is 14.3. The van der Waals surface area contributed by atoms with Crippen LogP contribution in [0.3, 0.4) is 0 Å². The summed E-state index contributed by atoms with van der Waals surface area (Å²) in [5, 5.41) is 3.14. The molecule has 0 amide bonds. The van der Waals surface area contributed by atoms with Crippen molar-refractivity contribution < 1.29 is 9.18 Å². The van der Waals surface area contributed by atoms with Crippen molar-refractivity contribution in [2.45, 2.75) is 19.9 Å². The molecule has 0 saturated carbocycles. The van der Waals surface area contributed by atoms with E-state index in [0.29, 0.717) is 11.4 Å². The number of nitrogens with two attached hydrogens (primary N) is 1. The molecule has 4 aromatic rings. The Morgan fingerprint density at radius 1 is 1.23 bits per heavy atom. The SMILES string of the molecule is CC(=O)c1cnc(N)nc1N[C@H](C)c1cn2ccc(F)c2c(=O)n1-c1ccccc1. The summed E-state index contributed by atoms with van der Waals surface area (Å²) < 4.78 is 17.1. The third-order valence-electron chi connectivity index (χ3n) is 4.80. The highest BCUT2D eigenvalue weighted by molar-refractivity contribution is 5.98. The predicted molar refractivity (Wildman–Crippen MR) is 111 cm³/mol. The third-order valence-corrected chi connectivity index (χ3v) is 4.80. The third kappa shape index (κ3) is 3.30. The normalized spacial score (nSPS) is 12.1. The van der Waals surface area contributed by atoms with Crippen LogP contribution in [0.15, 0.2) is 59.8 Å². The van der Waals surface area contributed by atoms with Crippen molar-refractivity contribution in [1.29, 1.82) is 0 Å². The Morgan fingerprint density at radius 2 is 1.97 bits per heavy atom. The van der Waals surface area contributed by atoms with Gasteiger partial charge in [0.25, 0.3) is 5.56 Å². The van der Waals surface area contributed by atoms with Gasteiger partial charge in [-0.3, -0.25) is 14.2 Å². The molecule has 3 N–H and O–H groups in total. The number of ketones is 1. The van der Waals surface area contributed by atoms with E-state index < -0.39 is 17.4 Å². The molecule has 3 aromatic heterocycles. The molecule has 1 aromatic carbocycles. The van der Waals surface area contributed by atoms with E-state index >= 15 is 0 Å². The Morgan fingerprint density at radius 3 is 2.67 bits per heavy atom. The first-order chi connectivity index (χ1) is 14.4. The highest BCUT2D eigenvalue weighted by Crippen LogP contribution is 2.24. The van der Waals surface area contributed by atoms with Gasteiger partial charge in [0.1, 0.15) is 11.3 Å². The fourth-order valence-electron chi connectivity index (χ4n) is 3.36. The minimum atomic E-state index is -0.598. The van der Waals surface area contributed by atoms with Gasteiger partial charge in [0.2, 0.25) is 5.95 Å². The average Bonchev–Trinajstić information content (AvgIpc) is 3.09. The van der Waals surface area contributed by atoms with E-state index in [9.17, 15) is 14.0 Å². The molecule has 1 atom stereocenters. The van der Waals surface area contributed by atoms with E-state index in [2.05, 4.69) is 15.3 Å². The number of aromatic nitrogens is 4. The van der Waals surface area contributed by atoms with Crippen molar-refractivity contribution in [1.82, 2.24) is 18.9 Å². The summed E-state index contributed by atoms with van der Waals surface area (Å²) in [5.41, 5.74) is 6.55. The lowest BCUT2D eigenvalue weighted by Gasteiger charge is -2.21. The van der Waals surface area contributed by atoms with Crippen molar-refractivity contribution in [3.05, 3.63) is 82.4 Å². The molecule has 0 aliphatic carbocycles.